The Morgan fingerprint density at radius 1 is 1.17 bits per heavy atom. The number of hydrogen-bond acceptors (Lipinski definition) is 4. The summed E-state index contributed by atoms with van der Waals surface area (Å²) in [5, 5.41) is 0. The molecule has 0 aliphatic carbocycles. The van der Waals surface area contributed by atoms with Gasteiger partial charge in [-0.2, -0.15) is 0 Å². The minimum Gasteiger partial charge on any atom is -0.340 e. The minimum absolute atomic E-state index is 0.0232. The molecule has 1 saturated heterocycles. The van der Waals surface area contributed by atoms with Gasteiger partial charge in [-0.1, -0.05) is 30.3 Å². The number of carbonyl (C=O) groups is 3. The third-order valence-electron chi connectivity index (χ3n) is 6.15. The molecule has 3 amide bonds. The van der Waals surface area contributed by atoms with Crippen molar-refractivity contribution in [3.8, 4) is 0 Å². The van der Waals surface area contributed by atoms with Crippen LogP contribution in [-0.2, 0) is 11.3 Å². The highest BCUT2D eigenvalue weighted by atomic mass is 16.2. The first-order valence-corrected chi connectivity index (χ1v) is 10.3. The van der Waals surface area contributed by atoms with Gasteiger partial charge < -0.3 is 19.3 Å². The van der Waals surface area contributed by atoms with Crippen LogP contribution in [0.3, 0.4) is 0 Å². The van der Waals surface area contributed by atoms with Crippen LogP contribution in [0.2, 0.25) is 0 Å². The van der Waals surface area contributed by atoms with Crippen molar-refractivity contribution in [2.24, 2.45) is 5.92 Å². The molecular formula is C22H27N5O3. The summed E-state index contributed by atoms with van der Waals surface area (Å²) < 4.78 is 1.82. The molecule has 1 aromatic carbocycles. The Kier molecular flexibility index (Phi) is 5.32. The van der Waals surface area contributed by atoms with E-state index < -0.39 is 0 Å². The van der Waals surface area contributed by atoms with Crippen LogP contribution in [-0.4, -0.2) is 75.2 Å². The molecule has 2 unspecified atom stereocenters. The number of rotatable bonds is 4. The van der Waals surface area contributed by atoms with Crippen molar-refractivity contribution >= 4 is 17.7 Å². The van der Waals surface area contributed by atoms with Gasteiger partial charge in [0, 0.05) is 52.6 Å². The molecule has 2 aliphatic heterocycles. The lowest BCUT2D eigenvalue weighted by Crippen LogP contribution is -2.35. The minimum atomic E-state index is -0.253. The van der Waals surface area contributed by atoms with Crippen molar-refractivity contribution in [3.63, 3.8) is 0 Å². The molecule has 4 rings (SSSR count). The van der Waals surface area contributed by atoms with Gasteiger partial charge in [-0.25, -0.2) is 4.98 Å². The van der Waals surface area contributed by atoms with Crippen molar-refractivity contribution < 1.29 is 14.4 Å². The molecular weight excluding hydrogens is 382 g/mol. The molecule has 0 N–H and O–H groups in total. The highest BCUT2D eigenvalue weighted by Crippen LogP contribution is 2.34. The van der Waals surface area contributed by atoms with E-state index in [4.69, 9.17) is 0 Å². The smallest absolute Gasteiger partial charge is 0.275 e. The zero-order chi connectivity index (χ0) is 21.4. The predicted molar refractivity (Wildman–Crippen MR) is 111 cm³/mol. The maximum absolute atomic E-state index is 13.4. The SMILES string of the molecule is CCN(Cc1ccccc1)C(=O)c1ncn2c1C(=O)N(C)CC1CN(C(C)=O)CC12. The fourth-order valence-electron chi connectivity index (χ4n) is 4.48. The Balaban J connectivity index is 1.68. The van der Waals surface area contributed by atoms with Gasteiger partial charge in [-0.3, -0.25) is 14.4 Å². The largest absolute Gasteiger partial charge is 0.340 e. The lowest BCUT2D eigenvalue weighted by atomic mass is 10.0. The summed E-state index contributed by atoms with van der Waals surface area (Å²) in [4.78, 5) is 48.0. The molecule has 8 heteroatoms. The van der Waals surface area contributed by atoms with E-state index in [1.165, 1.54) is 0 Å². The average Bonchev–Trinajstić information content (AvgIpc) is 3.34. The number of nitrogens with zero attached hydrogens (tertiary/aromatic N) is 5. The van der Waals surface area contributed by atoms with Crippen LogP contribution in [0.15, 0.2) is 36.7 Å². The molecule has 1 fully saturated rings. The Bertz CT molecular complexity index is 970. The quantitative estimate of drug-likeness (QED) is 0.769. The van der Waals surface area contributed by atoms with Gasteiger partial charge in [0.25, 0.3) is 11.8 Å². The van der Waals surface area contributed by atoms with Gasteiger partial charge in [0.05, 0.1) is 12.4 Å². The number of benzene rings is 1. The molecule has 3 heterocycles. The zero-order valence-electron chi connectivity index (χ0n) is 17.6. The highest BCUT2D eigenvalue weighted by Gasteiger charge is 2.42. The molecule has 30 heavy (non-hydrogen) atoms. The number of aromatic nitrogens is 2. The van der Waals surface area contributed by atoms with Crippen LogP contribution in [0.4, 0.5) is 0 Å². The molecule has 0 bridgehead atoms. The second kappa shape index (κ2) is 7.93. The molecule has 158 valence electrons. The molecule has 1 aromatic heterocycles. The van der Waals surface area contributed by atoms with E-state index in [1.54, 1.807) is 35.0 Å². The molecule has 2 atom stereocenters. The normalized spacial score (nSPS) is 20.6. The first-order valence-electron chi connectivity index (χ1n) is 10.3. The summed E-state index contributed by atoms with van der Waals surface area (Å²) in [5.41, 5.74) is 1.54. The van der Waals surface area contributed by atoms with Gasteiger partial charge in [0.1, 0.15) is 5.69 Å². The second-order valence-corrected chi connectivity index (χ2v) is 8.09. The number of amides is 3. The number of likely N-dealkylation sites (tertiary alicyclic amines) is 1. The van der Waals surface area contributed by atoms with Crippen LogP contribution in [0.1, 0.15) is 46.4 Å². The Hall–Kier alpha value is -3.16. The van der Waals surface area contributed by atoms with Crippen LogP contribution in [0, 0.1) is 5.92 Å². The molecule has 8 nitrogen and oxygen atoms in total. The summed E-state index contributed by atoms with van der Waals surface area (Å²) in [5.74, 6) is -0.310. The highest BCUT2D eigenvalue weighted by molar-refractivity contribution is 6.05. The predicted octanol–water partition coefficient (Wildman–Crippen LogP) is 1.65. The maximum Gasteiger partial charge on any atom is 0.275 e. The van der Waals surface area contributed by atoms with E-state index in [-0.39, 0.29) is 35.4 Å². The topological polar surface area (TPSA) is 78.8 Å². The van der Waals surface area contributed by atoms with Crippen LogP contribution < -0.4 is 0 Å². The third kappa shape index (κ3) is 3.46. The lowest BCUT2D eigenvalue weighted by Gasteiger charge is -2.22. The van der Waals surface area contributed by atoms with E-state index in [2.05, 4.69) is 4.98 Å². The van der Waals surface area contributed by atoms with E-state index in [9.17, 15) is 14.4 Å². The maximum atomic E-state index is 13.4. The van der Waals surface area contributed by atoms with E-state index in [0.29, 0.717) is 38.4 Å². The number of fused-ring (bicyclic) bond motifs is 3. The van der Waals surface area contributed by atoms with Gasteiger partial charge in [-0.15, -0.1) is 0 Å². The first-order chi connectivity index (χ1) is 14.4. The molecule has 2 aliphatic rings. The van der Waals surface area contributed by atoms with E-state index in [1.807, 2.05) is 41.8 Å². The molecule has 0 radical (unpaired) electrons. The summed E-state index contributed by atoms with van der Waals surface area (Å²) in [7, 11) is 1.74. The van der Waals surface area contributed by atoms with Crippen LogP contribution >= 0.6 is 0 Å². The van der Waals surface area contributed by atoms with Crippen molar-refractivity contribution in [2.45, 2.75) is 26.4 Å². The fraction of sp³-hybridized carbons (Fsp3) is 0.455. The van der Waals surface area contributed by atoms with Crippen molar-refractivity contribution in [2.75, 3.05) is 33.2 Å². The fourth-order valence-corrected chi connectivity index (χ4v) is 4.48. The van der Waals surface area contributed by atoms with Crippen LogP contribution in [0.25, 0.3) is 0 Å². The average molecular weight is 409 g/mol. The Morgan fingerprint density at radius 3 is 2.57 bits per heavy atom. The third-order valence-corrected chi connectivity index (χ3v) is 6.15. The van der Waals surface area contributed by atoms with Crippen LogP contribution in [0.5, 0.6) is 0 Å². The van der Waals surface area contributed by atoms with E-state index >= 15 is 0 Å². The first kappa shape index (κ1) is 20.1. The van der Waals surface area contributed by atoms with Gasteiger partial charge >= 0.3 is 0 Å². The second-order valence-electron chi connectivity index (χ2n) is 8.09. The van der Waals surface area contributed by atoms with Gasteiger partial charge in [-0.05, 0) is 12.5 Å². The van der Waals surface area contributed by atoms with Crippen molar-refractivity contribution in [3.05, 3.63) is 53.6 Å². The van der Waals surface area contributed by atoms with Gasteiger partial charge in [0.15, 0.2) is 5.69 Å². The summed E-state index contributed by atoms with van der Waals surface area (Å²) in [6, 6.07) is 9.71. The van der Waals surface area contributed by atoms with E-state index in [0.717, 1.165) is 5.56 Å². The summed E-state index contributed by atoms with van der Waals surface area (Å²) in [6.45, 7) is 6.12. The van der Waals surface area contributed by atoms with Crippen molar-refractivity contribution in [1.82, 2.24) is 24.3 Å². The standard InChI is InChI=1S/C22H27N5O3/c1-4-25(10-16-8-6-5-7-9-16)21(29)19-20-22(30)24(3)11-17-12-26(15(2)28)13-18(17)27(20)14-23-19/h5-9,14,17-18H,4,10-13H2,1-3H3. The number of carbonyl (C=O) groups excluding carboxylic acids is 3. The number of hydrogen-bond donors (Lipinski definition) is 0. The van der Waals surface area contributed by atoms with Crippen molar-refractivity contribution in [1.29, 1.82) is 0 Å². The molecule has 0 saturated carbocycles. The Morgan fingerprint density at radius 2 is 1.90 bits per heavy atom. The molecule has 2 aromatic rings. The summed E-state index contributed by atoms with van der Waals surface area (Å²) >= 11 is 0. The molecule has 0 spiro atoms. The number of imidazole rings is 1. The van der Waals surface area contributed by atoms with Gasteiger partial charge in [0.2, 0.25) is 5.91 Å². The zero-order valence-corrected chi connectivity index (χ0v) is 17.6. The lowest BCUT2D eigenvalue weighted by molar-refractivity contribution is -0.128. The Labute approximate surface area is 176 Å². The summed E-state index contributed by atoms with van der Waals surface area (Å²) in [6.07, 6.45) is 1.59. The monoisotopic (exact) mass is 409 g/mol.